The third-order valence-electron chi connectivity index (χ3n) is 3.69. The largest absolute Gasteiger partial charge is 0.470 e. The number of hydrogen-bond donors (Lipinski definition) is 6. The number of hydrogen-bond acceptors (Lipinski definition) is 9. The number of nitrogens with zero attached hydrogens (tertiary/aromatic N) is 3. The number of phosphoric acid groups is 1. The smallest absolute Gasteiger partial charge is 0.394 e. The first-order valence-corrected chi connectivity index (χ1v) is 8.61. The number of aromatic amines is 1. The minimum Gasteiger partial charge on any atom is -0.394 e. The van der Waals surface area contributed by atoms with E-state index in [0.29, 0.717) is 0 Å². The fraction of sp³-hybridized carbons (Fsp3) is 0.545. The number of H-pyrrole nitrogens is 1. The van der Waals surface area contributed by atoms with Crippen LogP contribution in [-0.2, 0) is 13.8 Å². The zero-order valence-electron chi connectivity index (χ0n) is 12.8. The molecule has 13 nitrogen and oxygen atoms in total. The van der Waals surface area contributed by atoms with E-state index in [1.54, 1.807) is 0 Å². The average Bonchev–Trinajstić information content (AvgIpc) is 3.08. The molecule has 14 heteroatoms. The van der Waals surface area contributed by atoms with Crippen molar-refractivity contribution in [1.29, 1.82) is 0 Å². The minimum absolute atomic E-state index is 0.0188. The molecule has 0 aliphatic carbocycles. The van der Waals surface area contributed by atoms with E-state index in [2.05, 4.69) is 24.8 Å². The number of nitrogens with one attached hydrogen (secondary N) is 2. The van der Waals surface area contributed by atoms with Crippen LogP contribution >= 0.6 is 7.82 Å². The average molecular weight is 377 g/mol. The summed E-state index contributed by atoms with van der Waals surface area (Å²) in [5, 5.41) is 22.3. The van der Waals surface area contributed by atoms with Crippen LogP contribution in [0.1, 0.15) is 6.23 Å². The number of ether oxygens (including phenoxy) is 1. The highest BCUT2D eigenvalue weighted by Gasteiger charge is 2.48. The van der Waals surface area contributed by atoms with E-state index < -0.39 is 44.5 Å². The van der Waals surface area contributed by atoms with Gasteiger partial charge >= 0.3 is 7.82 Å². The van der Waals surface area contributed by atoms with Crippen molar-refractivity contribution in [3.05, 3.63) is 16.7 Å². The molecule has 0 aromatic carbocycles. The first-order valence-electron chi connectivity index (χ1n) is 7.08. The van der Waals surface area contributed by atoms with Crippen molar-refractivity contribution < 1.29 is 33.8 Å². The molecule has 4 atom stereocenters. The van der Waals surface area contributed by atoms with Gasteiger partial charge in [-0.25, -0.2) is 9.55 Å². The number of imidazole rings is 1. The molecule has 1 aliphatic rings. The van der Waals surface area contributed by atoms with Gasteiger partial charge in [-0.3, -0.25) is 18.9 Å². The highest BCUT2D eigenvalue weighted by atomic mass is 31.2. The number of aliphatic hydroxyl groups is 2. The zero-order valence-corrected chi connectivity index (χ0v) is 13.7. The minimum atomic E-state index is -4.93. The van der Waals surface area contributed by atoms with Crippen molar-refractivity contribution in [2.75, 3.05) is 19.0 Å². The molecule has 1 saturated heterocycles. The van der Waals surface area contributed by atoms with E-state index in [4.69, 9.17) is 14.5 Å². The van der Waals surface area contributed by atoms with Crippen LogP contribution in [0.2, 0.25) is 0 Å². The Kier molecular flexibility index (Phi) is 4.64. The second kappa shape index (κ2) is 6.46. The van der Waals surface area contributed by atoms with Gasteiger partial charge in [-0.2, -0.15) is 4.98 Å². The van der Waals surface area contributed by atoms with Crippen LogP contribution in [0.15, 0.2) is 11.1 Å². The number of anilines is 1. The maximum atomic E-state index is 12.0. The summed E-state index contributed by atoms with van der Waals surface area (Å²) in [6.45, 7) is -0.652. The van der Waals surface area contributed by atoms with E-state index in [0.717, 1.165) is 0 Å². The van der Waals surface area contributed by atoms with E-state index in [9.17, 15) is 19.6 Å². The second-order valence-electron chi connectivity index (χ2n) is 5.29. The Morgan fingerprint density at radius 1 is 1.52 bits per heavy atom. The number of phosphoric ester groups is 1. The van der Waals surface area contributed by atoms with Crippen LogP contribution in [0.25, 0.3) is 11.2 Å². The molecule has 0 unspecified atom stereocenters. The fourth-order valence-electron chi connectivity index (χ4n) is 2.62. The summed E-state index contributed by atoms with van der Waals surface area (Å²) in [6, 6.07) is 0. The Labute approximate surface area is 139 Å². The van der Waals surface area contributed by atoms with Crippen LogP contribution in [-0.4, -0.2) is 71.5 Å². The maximum absolute atomic E-state index is 12.0. The lowest BCUT2D eigenvalue weighted by Crippen LogP contribution is -2.35. The van der Waals surface area contributed by atoms with E-state index in [1.165, 1.54) is 17.9 Å². The lowest BCUT2D eigenvalue weighted by molar-refractivity contribution is -0.0509. The van der Waals surface area contributed by atoms with Crippen molar-refractivity contribution >= 4 is 24.9 Å². The summed E-state index contributed by atoms with van der Waals surface area (Å²) in [5.41, 5.74) is -0.470. The Morgan fingerprint density at radius 3 is 2.84 bits per heavy atom. The standard InChI is InChI=1S/C11H16N5O8P/c1-12-11-14-8-5(9(19)15-11)13-3-16(8)10-6(18)7(4(2-17)23-10)24-25(20,21)22/h3-4,6-7,10,17-18H,2H2,1H3,(H2,20,21,22)(H2,12,14,15,19)/t4-,6-,7-,10-/m1/s1. The second-order valence-corrected chi connectivity index (χ2v) is 6.48. The number of rotatable bonds is 5. The van der Waals surface area contributed by atoms with Gasteiger partial charge in [0.1, 0.15) is 18.3 Å². The van der Waals surface area contributed by atoms with Crippen molar-refractivity contribution in [3.63, 3.8) is 0 Å². The lowest BCUT2D eigenvalue weighted by atomic mass is 10.1. The monoisotopic (exact) mass is 377 g/mol. The van der Waals surface area contributed by atoms with Gasteiger partial charge in [-0.15, -0.1) is 0 Å². The van der Waals surface area contributed by atoms with Gasteiger partial charge in [0.05, 0.1) is 12.9 Å². The van der Waals surface area contributed by atoms with Crippen LogP contribution in [0.4, 0.5) is 5.95 Å². The van der Waals surface area contributed by atoms with E-state index in [1.807, 2.05) is 0 Å². The third-order valence-corrected chi connectivity index (χ3v) is 4.21. The van der Waals surface area contributed by atoms with Crippen molar-refractivity contribution in [1.82, 2.24) is 19.5 Å². The Balaban J connectivity index is 2.02. The van der Waals surface area contributed by atoms with Gasteiger partial charge in [0.15, 0.2) is 17.4 Å². The van der Waals surface area contributed by atoms with Crippen LogP contribution in [0.3, 0.4) is 0 Å². The van der Waals surface area contributed by atoms with Gasteiger partial charge in [0.2, 0.25) is 5.95 Å². The molecule has 138 valence electrons. The fourth-order valence-corrected chi connectivity index (χ4v) is 3.19. The number of aromatic nitrogens is 4. The molecule has 1 fully saturated rings. The quantitative estimate of drug-likeness (QED) is 0.312. The molecule has 25 heavy (non-hydrogen) atoms. The molecule has 0 saturated carbocycles. The van der Waals surface area contributed by atoms with Crippen molar-refractivity contribution in [2.24, 2.45) is 0 Å². The van der Waals surface area contributed by atoms with Crippen LogP contribution in [0, 0.1) is 0 Å². The summed E-state index contributed by atoms with van der Waals surface area (Å²) in [4.78, 5) is 40.4. The van der Waals surface area contributed by atoms with Gasteiger partial charge in [-0.1, -0.05) is 0 Å². The van der Waals surface area contributed by atoms with Gasteiger partial charge in [-0.05, 0) is 0 Å². The zero-order chi connectivity index (χ0) is 18.4. The summed E-state index contributed by atoms with van der Waals surface area (Å²) in [6.07, 6.45) is -4.27. The molecule has 2 aromatic rings. The highest BCUT2D eigenvalue weighted by Crippen LogP contribution is 2.44. The van der Waals surface area contributed by atoms with Crippen LogP contribution in [0.5, 0.6) is 0 Å². The predicted octanol–water partition coefficient (Wildman–Crippen LogP) is -2.11. The Hall–Kier alpha value is -1.86. The summed E-state index contributed by atoms with van der Waals surface area (Å²) in [7, 11) is -3.39. The molecule has 0 spiro atoms. The molecule has 0 radical (unpaired) electrons. The van der Waals surface area contributed by atoms with E-state index >= 15 is 0 Å². The van der Waals surface area contributed by atoms with Gasteiger partial charge in [0.25, 0.3) is 5.56 Å². The lowest BCUT2D eigenvalue weighted by Gasteiger charge is -2.20. The number of fused-ring (bicyclic) bond motifs is 1. The molecule has 0 amide bonds. The molecular weight excluding hydrogens is 361 g/mol. The highest BCUT2D eigenvalue weighted by molar-refractivity contribution is 7.46. The first-order chi connectivity index (χ1) is 11.7. The topological polar surface area (TPSA) is 192 Å². The maximum Gasteiger partial charge on any atom is 0.470 e. The molecule has 3 heterocycles. The summed E-state index contributed by atoms with van der Waals surface area (Å²) in [5.74, 6) is 0.147. The Bertz CT molecular complexity index is 877. The molecule has 0 bridgehead atoms. The van der Waals surface area contributed by atoms with Crippen molar-refractivity contribution in [2.45, 2.75) is 24.5 Å². The molecule has 3 rings (SSSR count). The first kappa shape index (κ1) is 17.9. The summed E-state index contributed by atoms with van der Waals surface area (Å²) >= 11 is 0. The third kappa shape index (κ3) is 3.30. The number of aliphatic hydroxyl groups excluding tert-OH is 2. The molecule has 6 N–H and O–H groups in total. The predicted molar refractivity (Wildman–Crippen MR) is 81.6 cm³/mol. The molecule has 1 aliphatic heterocycles. The molecular formula is C11H16N5O8P. The summed E-state index contributed by atoms with van der Waals surface area (Å²) < 4.78 is 22.2. The molecule has 2 aromatic heterocycles. The normalized spacial score (nSPS) is 27.1. The van der Waals surface area contributed by atoms with E-state index in [-0.39, 0.29) is 17.1 Å². The van der Waals surface area contributed by atoms with Gasteiger partial charge in [0, 0.05) is 7.05 Å². The van der Waals surface area contributed by atoms with Crippen LogP contribution < -0.4 is 10.9 Å². The SMILES string of the molecule is CNc1nc2c(ncn2[C@@H]2O[C@H](CO)[C@@H](OP(=O)(O)O)[C@H]2O)c(=O)[nH]1. The van der Waals surface area contributed by atoms with Gasteiger partial charge < -0.3 is 30.1 Å². The van der Waals surface area contributed by atoms with Crippen molar-refractivity contribution in [3.8, 4) is 0 Å². The Morgan fingerprint density at radius 2 is 2.24 bits per heavy atom.